The van der Waals surface area contributed by atoms with Crippen LogP contribution in [0.1, 0.15) is 27.2 Å². The van der Waals surface area contributed by atoms with Gasteiger partial charge in [0.1, 0.15) is 23.9 Å². The zero-order valence-corrected chi connectivity index (χ0v) is 11.3. The van der Waals surface area contributed by atoms with Crippen molar-refractivity contribution in [3.05, 3.63) is 0 Å². The molecule has 0 aromatic heterocycles. The molecule has 0 radical (unpaired) electrons. The first-order valence-corrected chi connectivity index (χ1v) is 6.19. The Morgan fingerprint density at radius 3 is 2.47 bits per heavy atom. The monoisotopic (exact) mass is 278 g/mol. The maximum Gasteiger partial charge on any atom is 0.335 e. The van der Waals surface area contributed by atoms with Crippen LogP contribution in [-0.4, -0.2) is 69.1 Å². The summed E-state index contributed by atoms with van der Waals surface area (Å²) >= 11 is 0. The van der Waals surface area contributed by atoms with Crippen LogP contribution in [0.15, 0.2) is 0 Å². The highest BCUT2D eigenvalue weighted by molar-refractivity contribution is 5.75. The summed E-state index contributed by atoms with van der Waals surface area (Å²) in [5.41, 5.74) is -0.702. The minimum Gasteiger partial charge on any atom is -0.458 e. The van der Waals surface area contributed by atoms with Crippen LogP contribution >= 0.6 is 0 Å². The number of hydrogen-bond donors (Lipinski definition) is 4. The number of aliphatic hydroxyl groups is 4. The molecule has 1 rings (SSSR count). The molecule has 1 fully saturated rings. The summed E-state index contributed by atoms with van der Waals surface area (Å²) in [5.74, 6) is -0.673. The third kappa shape index (κ3) is 4.39. The Kier molecular flexibility index (Phi) is 5.28. The summed E-state index contributed by atoms with van der Waals surface area (Å²) in [4.78, 5) is 11.8. The minimum absolute atomic E-state index is 0.120. The van der Waals surface area contributed by atoms with Crippen molar-refractivity contribution < 1.29 is 34.7 Å². The summed E-state index contributed by atoms with van der Waals surface area (Å²) in [5, 5.41) is 37.7. The van der Waals surface area contributed by atoms with E-state index < -0.39 is 48.7 Å². The third-order valence-electron chi connectivity index (χ3n) is 2.74. The van der Waals surface area contributed by atoms with Gasteiger partial charge in [-0.05, 0) is 20.8 Å². The van der Waals surface area contributed by atoms with Gasteiger partial charge in [0, 0.05) is 6.42 Å². The first-order chi connectivity index (χ1) is 8.65. The number of ether oxygens (including phenoxy) is 2. The standard InChI is InChI=1S/C12H22O7/c1-12(2,3)19-11(17)8-4-6(14)9(16)10(18-8)7(15)5-13/h6-10,13-16H,4-5H2,1-3H3/t6-,7+,8+,9-,10+/m0/s1. The molecule has 0 bridgehead atoms. The van der Waals surface area contributed by atoms with Crippen molar-refractivity contribution in [3.8, 4) is 0 Å². The Balaban J connectivity index is 2.73. The van der Waals surface area contributed by atoms with Crippen LogP contribution in [0, 0.1) is 0 Å². The molecule has 0 unspecified atom stereocenters. The third-order valence-corrected chi connectivity index (χ3v) is 2.74. The van der Waals surface area contributed by atoms with E-state index in [1.165, 1.54) is 0 Å². The number of rotatable bonds is 3. The number of esters is 1. The van der Waals surface area contributed by atoms with Gasteiger partial charge < -0.3 is 29.9 Å². The normalized spacial score (nSPS) is 33.8. The van der Waals surface area contributed by atoms with Crippen molar-refractivity contribution in [2.24, 2.45) is 0 Å². The molecule has 1 saturated heterocycles. The Labute approximate surface area is 111 Å². The average Bonchev–Trinajstić information content (AvgIpc) is 2.29. The van der Waals surface area contributed by atoms with Gasteiger partial charge in [-0.2, -0.15) is 0 Å². The zero-order chi connectivity index (χ0) is 14.8. The van der Waals surface area contributed by atoms with Gasteiger partial charge in [-0.15, -0.1) is 0 Å². The molecule has 0 amide bonds. The highest BCUT2D eigenvalue weighted by Gasteiger charge is 2.43. The van der Waals surface area contributed by atoms with Gasteiger partial charge in [0.15, 0.2) is 6.10 Å². The molecule has 112 valence electrons. The van der Waals surface area contributed by atoms with Crippen LogP contribution in [0.5, 0.6) is 0 Å². The summed E-state index contributed by atoms with van der Waals surface area (Å²) < 4.78 is 10.4. The van der Waals surface area contributed by atoms with E-state index in [4.69, 9.17) is 14.6 Å². The lowest BCUT2D eigenvalue weighted by Crippen LogP contribution is -2.56. The fourth-order valence-electron chi connectivity index (χ4n) is 1.84. The summed E-state index contributed by atoms with van der Waals surface area (Å²) in [6.45, 7) is 4.44. The van der Waals surface area contributed by atoms with Crippen LogP contribution in [0.3, 0.4) is 0 Å². The summed E-state index contributed by atoms with van der Waals surface area (Å²) in [6, 6.07) is 0. The molecule has 0 aliphatic carbocycles. The summed E-state index contributed by atoms with van der Waals surface area (Å²) in [7, 11) is 0. The number of carbonyl (C=O) groups excluding carboxylic acids is 1. The van der Waals surface area contributed by atoms with Gasteiger partial charge in [0.2, 0.25) is 0 Å². The van der Waals surface area contributed by atoms with Crippen molar-refractivity contribution in [1.29, 1.82) is 0 Å². The van der Waals surface area contributed by atoms with E-state index in [1.807, 2.05) is 0 Å². The number of aliphatic hydroxyl groups excluding tert-OH is 4. The van der Waals surface area contributed by atoms with Gasteiger partial charge in [-0.25, -0.2) is 4.79 Å². The highest BCUT2D eigenvalue weighted by atomic mass is 16.6. The molecule has 19 heavy (non-hydrogen) atoms. The minimum atomic E-state index is -1.38. The second-order valence-electron chi connectivity index (χ2n) is 5.67. The molecule has 0 aromatic carbocycles. The van der Waals surface area contributed by atoms with E-state index in [1.54, 1.807) is 20.8 Å². The molecule has 1 aliphatic rings. The molecular formula is C12H22O7. The lowest BCUT2D eigenvalue weighted by Gasteiger charge is -2.38. The van der Waals surface area contributed by atoms with E-state index in [0.29, 0.717) is 0 Å². The van der Waals surface area contributed by atoms with Crippen LogP contribution < -0.4 is 0 Å². The molecule has 7 nitrogen and oxygen atoms in total. The van der Waals surface area contributed by atoms with Crippen LogP contribution in [0.2, 0.25) is 0 Å². The predicted molar refractivity (Wildman–Crippen MR) is 64.2 cm³/mol. The Morgan fingerprint density at radius 2 is 2.00 bits per heavy atom. The van der Waals surface area contributed by atoms with Crippen molar-refractivity contribution >= 4 is 5.97 Å². The van der Waals surface area contributed by atoms with Gasteiger partial charge in [-0.1, -0.05) is 0 Å². The van der Waals surface area contributed by atoms with Crippen LogP contribution in [0.4, 0.5) is 0 Å². The Hall–Kier alpha value is -0.730. The Bertz CT molecular complexity index is 312. The average molecular weight is 278 g/mol. The molecule has 1 heterocycles. The molecular weight excluding hydrogens is 256 g/mol. The van der Waals surface area contributed by atoms with Crippen molar-refractivity contribution in [2.45, 2.75) is 63.3 Å². The number of hydrogen-bond acceptors (Lipinski definition) is 7. The Morgan fingerprint density at radius 1 is 1.42 bits per heavy atom. The lowest BCUT2D eigenvalue weighted by molar-refractivity contribution is -0.219. The maximum absolute atomic E-state index is 11.8. The van der Waals surface area contributed by atoms with E-state index in [9.17, 15) is 20.1 Å². The fraction of sp³-hybridized carbons (Fsp3) is 0.917. The molecule has 0 saturated carbocycles. The van der Waals surface area contributed by atoms with Gasteiger partial charge in [-0.3, -0.25) is 0 Å². The first kappa shape index (κ1) is 16.3. The predicted octanol–water partition coefficient (Wildman–Crippen LogP) is -1.44. The summed E-state index contributed by atoms with van der Waals surface area (Å²) in [6.07, 6.45) is -6.40. The highest BCUT2D eigenvalue weighted by Crippen LogP contribution is 2.24. The van der Waals surface area contributed by atoms with Crippen LogP contribution in [-0.2, 0) is 14.3 Å². The van der Waals surface area contributed by atoms with E-state index in [0.717, 1.165) is 0 Å². The van der Waals surface area contributed by atoms with E-state index in [2.05, 4.69) is 0 Å². The van der Waals surface area contributed by atoms with E-state index in [-0.39, 0.29) is 6.42 Å². The van der Waals surface area contributed by atoms with Crippen molar-refractivity contribution in [2.75, 3.05) is 6.61 Å². The fourth-order valence-corrected chi connectivity index (χ4v) is 1.84. The first-order valence-electron chi connectivity index (χ1n) is 6.19. The zero-order valence-electron chi connectivity index (χ0n) is 11.3. The molecule has 0 spiro atoms. The van der Waals surface area contributed by atoms with Crippen molar-refractivity contribution in [3.63, 3.8) is 0 Å². The van der Waals surface area contributed by atoms with Crippen molar-refractivity contribution in [1.82, 2.24) is 0 Å². The van der Waals surface area contributed by atoms with E-state index >= 15 is 0 Å². The topological polar surface area (TPSA) is 116 Å². The number of carbonyl (C=O) groups is 1. The molecule has 4 N–H and O–H groups in total. The van der Waals surface area contributed by atoms with Gasteiger partial charge in [0.05, 0.1) is 12.7 Å². The SMILES string of the molecule is CC(C)(C)OC(=O)[C@H]1C[C@H](O)[C@H](O)[C@@H]([C@H](O)CO)O1. The molecule has 7 heteroatoms. The molecule has 0 aromatic rings. The lowest BCUT2D eigenvalue weighted by atomic mass is 9.94. The van der Waals surface area contributed by atoms with Crippen LogP contribution in [0.25, 0.3) is 0 Å². The largest absolute Gasteiger partial charge is 0.458 e. The molecule has 1 aliphatic heterocycles. The van der Waals surface area contributed by atoms with Gasteiger partial charge in [0.25, 0.3) is 0 Å². The maximum atomic E-state index is 11.8. The van der Waals surface area contributed by atoms with Gasteiger partial charge >= 0.3 is 5.97 Å². The smallest absolute Gasteiger partial charge is 0.335 e. The molecule has 5 atom stereocenters. The quantitative estimate of drug-likeness (QED) is 0.467. The second-order valence-corrected chi connectivity index (χ2v) is 5.67. The second kappa shape index (κ2) is 6.15.